The number of benzene rings is 7. The molecule has 0 aliphatic heterocycles. The van der Waals surface area contributed by atoms with Crippen LogP contribution >= 0.6 is 0 Å². The second-order valence-corrected chi connectivity index (χ2v) is 16.6. The molecule has 1 radical (unpaired) electrons. The second kappa shape index (κ2) is 18.9. The van der Waals surface area contributed by atoms with Gasteiger partial charge in [-0.25, -0.2) is 0 Å². The van der Waals surface area contributed by atoms with Gasteiger partial charge in [-0.1, -0.05) is 130 Å². The Bertz CT molecular complexity index is 3260. The van der Waals surface area contributed by atoms with Gasteiger partial charge in [0.25, 0.3) is 0 Å². The van der Waals surface area contributed by atoms with Crippen LogP contribution < -0.4 is 0 Å². The standard InChI is InChI=1S/C46H40N3O.C12H10N.Ir/c1-28(2)36-24-34(32-18-9-7-10-19-32)25-37(29(3)4)44(36)49-40-23-14-13-22-39(40)47-45(49)35-26-38(42-30(5)16-15-17-31(42)6)43-41(27-35)50-46(48-43)33-20-11-8-12-21-33;1-10-7-8-12(13-9-10)11-5-3-2-4-6-11;/h7-26,28-29H,1-6H3;2-5,7-9H,1H3;/q2*-1;/i;1D3;. The van der Waals surface area contributed by atoms with Crippen molar-refractivity contribution in [1.29, 1.82) is 0 Å². The van der Waals surface area contributed by atoms with Gasteiger partial charge in [0, 0.05) is 47.2 Å². The quantitative estimate of drug-likeness (QED) is 0.142. The Balaban J connectivity index is 0.000000303. The van der Waals surface area contributed by atoms with E-state index in [0.29, 0.717) is 11.5 Å². The Kier molecular flexibility index (Phi) is 11.9. The summed E-state index contributed by atoms with van der Waals surface area (Å²) in [6, 6.07) is 60.1. The van der Waals surface area contributed by atoms with E-state index >= 15 is 0 Å². The van der Waals surface area contributed by atoms with Crippen LogP contribution in [0.5, 0.6) is 0 Å². The molecular weight excluding hydrogens is 961 g/mol. The number of aryl methyl sites for hydroxylation is 3. The third kappa shape index (κ3) is 8.77. The van der Waals surface area contributed by atoms with E-state index in [1.54, 1.807) is 18.2 Å². The average molecular weight is 1010 g/mol. The molecule has 10 aromatic rings. The fraction of sp³-hybridized carbons (Fsp3) is 0.155. The Morgan fingerprint density at radius 3 is 1.92 bits per heavy atom. The molecule has 64 heavy (non-hydrogen) atoms. The molecule has 0 saturated heterocycles. The van der Waals surface area contributed by atoms with Crippen LogP contribution in [-0.4, -0.2) is 19.5 Å². The number of imidazole rings is 1. The topological polar surface area (TPSA) is 56.7 Å². The van der Waals surface area contributed by atoms with Crippen molar-refractivity contribution in [2.24, 2.45) is 0 Å². The fourth-order valence-corrected chi connectivity index (χ4v) is 8.37. The maximum Gasteiger partial charge on any atom is 0.215 e. The molecule has 0 fully saturated rings. The van der Waals surface area contributed by atoms with E-state index in [9.17, 15) is 0 Å². The van der Waals surface area contributed by atoms with Crippen molar-refractivity contribution < 1.29 is 28.6 Å². The number of rotatable bonds is 8. The summed E-state index contributed by atoms with van der Waals surface area (Å²) in [5.74, 6) is 1.93. The largest absolute Gasteiger partial charge is 0.457 e. The van der Waals surface area contributed by atoms with E-state index in [4.69, 9.17) is 18.5 Å². The van der Waals surface area contributed by atoms with Crippen molar-refractivity contribution in [2.75, 3.05) is 0 Å². The van der Waals surface area contributed by atoms with Crippen LogP contribution in [0.4, 0.5) is 0 Å². The molecule has 3 aromatic heterocycles. The summed E-state index contributed by atoms with van der Waals surface area (Å²) in [5.41, 5.74) is 17.8. The number of nitrogens with zero attached hydrogens (tertiary/aromatic N) is 4. The van der Waals surface area contributed by atoms with Gasteiger partial charge in [-0.3, -0.25) is 9.97 Å². The summed E-state index contributed by atoms with van der Waals surface area (Å²) in [5, 5.41) is 0. The minimum Gasteiger partial charge on any atom is -0.457 e. The van der Waals surface area contributed by atoms with E-state index in [1.807, 2.05) is 48.5 Å². The molecule has 0 amide bonds. The second-order valence-electron chi connectivity index (χ2n) is 16.6. The number of oxazole rings is 1. The van der Waals surface area contributed by atoms with Gasteiger partial charge in [0.2, 0.25) is 5.89 Å². The van der Waals surface area contributed by atoms with Crippen molar-refractivity contribution >= 4 is 22.1 Å². The minimum absolute atomic E-state index is 0. The molecule has 0 N–H and O–H groups in total. The number of pyridine rings is 1. The molecule has 0 saturated carbocycles. The Morgan fingerprint density at radius 1 is 0.641 bits per heavy atom. The van der Waals surface area contributed by atoms with Gasteiger partial charge in [0.1, 0.15) is 0 Å². The first-order valence-electron chi connectivity index (χ1n) is 23.0. The van der Waals surface area contributed by atoms with Gasteiger partial charge in [-0.2, -0.15) is 0 Å². The molecule has 10 rings (SSSR count). The van der Waals surface area contributed by atoms with E-state index < -0.39 is 6.85 Å². The van der Waals surface area contributed by atoms with Crippen LogP contribution in [0.1, 0.15) is 71.5 Å². The maximum absolute atomic E-state index is 7.23. The van der Waals surface area contributed by atoms with E-state index in [0.717, 1.165) is 55.9 Å². The van der Waals surface area contributed by atoms with Crippen molar-refractivity contribution in [3.63, 3.8) is 0 Å². The first kappa shape index (κ1) is 40.1. The van der Waals surface area contributed by atoms with Crippen LogP contribution in [0.15, 0.2) is 168 Å². The first-order valence-corrected chi connectivity index (χ1v) is 21.5. The van der Waals surface area contributed by atoms with Crippen LogP contribution in [0, 0.1) is 32.8 Å². The zero-order valence-corrected chi connectivity index (χ0v) is 39.2. The van der Waals surface area contributed by atoms with Gasteiger partial charge in [-0.15, -0.1) is 47.5 Å². The van der Waals surface area contributed by atoms with Crippen LogP contribution in [0.2, 0.25) is 0 Å². The third-order valence-electron chi connectivity index (χ3n) is 11.5. The summed E-state index contributed by atoms with van der Waals surface area (Å²) in [7, 11) is 0. The van der Waals surface area contributed by atoms with E-state index in [1.165, 1.54) is 45.3 Å². The molecule has 0 aliphatic carbocycles. The molecule has 0 atom stereocenters. The molecule has 0 spiro atoms. The molecule has 6 heteroatoms. The number of hydrogen-bond donors (Lipinski definition) is 0. The Morgan fingerprint density at radius 2 is 1.30 bits per heavy atom. The predicted octanol–water partition coefficient (Wildman–Crippen LogP) is 15.4. The third-order valence-corrected chi connectivity index (χ3v) is 11.5. The number of aromatic nitrogens is 4. The monoisotopic (exact) mass is 1010 g/mol. The van der Waals surface area contributed by atoms with Gasteiger partial charge in [-0.05, 0) is 119 Å². The van der Waals surface area contributed by atoms with Gasteiger partial charge in [0.05, 0.1) is 22.4 Å². The summed E-state index contributed by atoms with van der Waals surface area (Å²) in [6.07, 6.45) is 1.39. The van der Waals surface area contributed by atoms with Gasteiger partial charge in [0.15, 0.2) is 0 Å². The molecule has 7 aromatic carbocycles. The summed E-state index contributed by atoms with van der Waals surface area (Å²) in [6.45, 7) is 11.4. The van der Waals surface area contributed by atoms with Crippen LogP contribution in [0.3, 0.4) is 0 Å². The van der Waals surface area contributed by atoms with Crippen molar-refractivity contribution in [1.82, 2.24) is 19.5 Å². The average Bonchev–Trinajstić information content (AvgIpc) is 3.94. The number of fused-ring (bicyclic) bond motifs is 2. The number of para-hydroxylation sites is 2. The summed E-state index contributed by atoms with van der Waals surface area (Å²) >= 11 is 0. The van der Waals surface area contributed by atoms with E-state index in [2.05, 4.69) is 154 Å². The molecule has 5 nitrogen and oxygen atoms in total. The maximum atomic E-state index is 7.23. The fourth-order valence-electron chi connectivity index (χ4n) is 8.37. The first-order chi connectivity index (χ1) is 31.9. The molecule has 0 bridgehead atoms. The van der Waals surface area contributed by atoms with Crippen molar-refractivity contribution in [3.05, 3.63) is 204 Å². The molecule has 319 valence electrons. The normalized spacial score (nSPS) is 12.1. The van der Waals surface area contributed by atoms with Crippen molar-refractivity contribution in [3.8, 4) is 62.0 Å². The van der Waals surface area contributed by atoms with E-state index in [-0.39, 0.29) is 37.5 Å². The SMILES string of the molecule is Cc1cccc(C)c1-c1cc(-c2nc3ccccc3n2-c2c(C(C)C)cc(-c3ccccc3)cc2C(C)C)[c-]c2oc(-c3ccccc3)nc12.[2H]C([2H])([2H])c1ccc(-c2[c-]cccc2)nc1.[Ir]. The van der Waals surface area contributed by atoms with Crippen LogP contribution in [-0.2, 0) is 20.1 Å². The molecule has 3 heterocycles. The molecular formula is C58H50IrN4O-2. The minimum atomic E-state index is -2.09. The summed E-state index contributed by atoms with van der Waals surface area (Å²) < 4.78 is 30.6. The number of hydrogen-bond acceptors (Lipinski definition) is 4. The van der Waals surface area contributed by atoms with Crippen LogP contribution in [0.25, 0.3) is 84.2 Å². The zero-order valence-electron chi connectivity index (χ0n) is 39.8. The van der Waals surface area contributed by atoms with Crippen molar-refractivity contribution in [2.45, 2.75) is 60.2 Å². The molecule has 0 aliphatic rings. The smallest absolute Gasteiger partial charge is 0.215 e. The Labute approximate surface area is 394 Å². The molecule has 0 unspecified atom stereocenters. The predicted molar refractivity (Wildman–Crippen MR) is 260 cm³/mol. The van der Waals surface area contributed by atoms with Gasteiger partial charge >= 0.3 is 0 Å². The zero-order chi connectivity index (χ0) is 46.1. The summed E-state index contributed by atoms with van der Waals surface area (Å²) in [4.78, 5) is 14.6. The van der Waals surface area contributed by atoms with Gasteiger partial charge < -0.3 is 14.0 Å². The Hall–Kier alpha value is -6.72.